The Bertz CT molecular complexity index is 169. The first-order valence-electron chi connectivity index (χ1n) is 3.55. The molecule has 0 saturated carbocycles. The van der Waals surface area contributed by atoms with Gasteiger partial charge in [0.15, 0.2) is 0 Å². The summed E-state index contributed by atoms with van der Waals surface area (Å²) in [6, 6.07) is 10.2. The van der Waals surface area contributed by atoms with Crippen LogP contribution in [0.2, 0.25) is 0 Å². The van der Waals surface area contributed by atoms with E-state index in [1.54, 1.807) is 0 Å². The molecule has 1 rings (SSSR count). The van der Waals surface area contributed by atoms with Crippen LogP contribution < -0.4 is 0 Å². The minimum atomic E-state index is 0.733. The lowest BCUT2D eigenvalue weighted by Crippen LogP contribution is -1.90. The molecule has 0 aliphatic heterocycles. The van der Waals surface area contributed by atoms with Crippen molar-refractivity contribution in [1.29, 1.82) is 0 Å². The molecule has 0 spiro atoms. The molecule has 0 bridgehead atoms. The van der Waals surface area contributed by atoms with Crippen LogP contribution in [0.3, 0.4) is 0 Å². The van der Waals surface area contributed by atoms with Crippen LogP contribution in [0.5, 0.6) is 0 Å². The summed E-state index contributed by atoms with van der Waals surface area (Å²) >= 11 is 0. The molecule has 0 heterocycles. The summed E-state index contributed by atoms with van der Waals surface area (Å²) in [6.45, 7) is 3.52. The Hall–Kier alpha value is -0.820. The molecule has 1 heteroatoms. The van der Waals surface area contributed by atoms with Gasteiger partial charge in [0.25, 0.3) is 0 Å². The van der Waals surface area contributed by atoms with Gasteiger partial charge < -0.3 is 4.74 Å². The van der Waals surface area contributed by atoms with Gasteiger partial charge in [-0.25, -0.2) is 0 Å². The largest absolute Gasteiger partial charge is 0.377 e. The van der Waals surface area contributed by atoms with Gasteiger partial charge in [-0.1, -0.05) is 30.3 Å². The zero-order valence-electron chi connectivity index (χ0n) is 6.21. The van der Waals surface area contributed by atoms with E-state index >= 15 is 0 Å². The summed E-state index contributed by atoms with van der Waals surface area (Å²) in [5.41, 5.74) is 1.24. The van der Waals surface area contributed by atoms with Crippen molar-refractivity contribution in [3.63, 3.8) is 0 Å². The fourth-order valence-corrected chi connectivity index (χ4v) is 0.794. The Kier molecular flexibility index (Phi) is 2.97. The van der Waals surface area contributed by atoms with Crippen molar-refractivity contribution in [2.45, 2.75) is 13.5 Å². The fraction of sp³-hybridized carbons (Fsp3) is 0.333. The molecule has 1 nitrogen and oxygen atoms in total. The Balaban J connectivity index is 2.43. The monoisotopic (exact) mass is 137 g/mol. The minimum Gasteiger partial charge on any atom is -0.377 e. The number of hydrogen-bond donors (Lipinski definition) is 0. The SMILES string of the molecule is [13CH3]COCc1ccccc1. The molecule has 0 N–H and O–H groups in total. The first-order valence-corrected chi connectivity index (χ1v) is 3.55. The van der Waals surface area contributed by atoms with Crippen molar-refractivity contribution in [2.75, 3.05) is 6.61 Å². The zero-order chi connectivity index (χ0) is 7.23. The molecule has 10 heavy (non-hydrogen) atoms. The molecule has 0 fully saturated rings. The molecule has 0 unspecified atom stereocenters. The van der Waals surface area contributed by atoms with Gasteiger partial charge in [-0.05, 0) is 12.5 Å². The standard InChI is InChI=1S/C9H12O/c1-2-10-8-9-6-4-3-5-7-9/h3-7H,2,8H2,1H3/i1+1. The fourth-order valence-electron chi connectivity index (χ4n) is 0.794. The molecule has 54 valence electrons. The normalized spacial score (nSPS) is 9.70. The van der Waals surface area contributed by atoms with Gasteiger partial charge in [-0.2, -0.15) is 0 Å². The third kappa shape index (κ3) is 2.19. The summed E-state index contributed by atoms with van der Waals surface area (Å²) in [5.74, 6) is 0. The van der Waals surface area contributed by atoms with Crippen LogP contribution in [-0.2, 0) is 11.3 Å². The Morgan fingerprint density at radius 1 is 1.20 bits per heavy atom. The highest BCUT2D eigenvalue weighted by atomic mass is 16.5. The highest BCUT2D eigenvalue weighted by Gasteiger charge is 1.86. The van der Waals surface area contributed by atoms with E-state index < -0.39 is 0 Å². The predicted octanol–water partition coefficient (Wildman–Crippen LogP) is 2.22. The van der Waals surface area contributed by atoms with Crippen molar-refractivity contribution >= 4 is 0 Å². The molecule has 0 atom stereocenters. The summed E-state index contributed by atoms with van der Waals surface area (Å²) < 4.78 is 5.22. The summed E-state index contributed by atoms with van der Waals surface area (Å²) in [4.78, 5) is 0. The minimum absolute atomic E-state index is 0.733. The van der Waals surface area contributed by atoms with E-state index in [0.29, 0.717) is 0 Å². The van der Waals surface area contributed by atoms with E-state index in [2.05, 4.69) is 12.1 Å². The topological polar surface area (TPSA) is 9.23 Å². The van der Waals surface area contributed by atoms with Crippen molar-refractivity contribution in [2.24, 2.45) is 0 Å². The van der Waals surface area contributed by atoms with Crippen molar-refractivity contribution in [1.82, 2.24) is 0 Å². The van der Waals surface area contributed by atoms with E-state index in [1.165, 1.54) is 5.56 Å². The molecule has 0 aliphatic carbocycles. The predicted molar refractivity (Wildman–Crippen MR) is 41.8 cm³/mol. The van der Waals surface area contributed by atoms with Crippen LogP contribution in [-0.4, -0.2) is 6.61 Å². The number of ether oxygens (including phenoxy) is 1. The second-order valence-electron chi connectivity index (χ2n) is 2.12. The number of benzene rings is 1. The average Bonchev–Trinajstić information content (AvgIpc) is 2.03. The highest BCUT2D eigenvalue weighted by Crippen LogP contribution is 1.99. The van der Waals surface area contributed by atoms with E-state index in [-0.39, 0.29) is 0 Å². The van der Waals surface area contributed by atoms with Gasteiger partial charge in [-0.3, -0.25) is 0 Å². The quantitative estimate of drug-likeness (QED) is 0.580. The zero-order valence-corrected chi connectivity index (χ0v) is 6.21. The summed E-state index contributed by atoms with van der Waals surface area (Å²) in [5, 5.41) is 0. The summed E-state index contributed by atoms with van der Waals surface area (Å²) in [6.07, 6.45) is 0. The first-order chi connectivity index (χ1) is 4.93. The first kappa shape index (κ1) is 7.29. The Labute approximate surface area is 61.6 Å². The van der Waals surface area contributed by atoms with Crippen molar-refractivity contribution in [3.05, 3.63) is 35.9 Å². The molecular weight excluding hydrogens is 125 g/mol. The molecule has 0 amide bonds. The van der Waals surface area contributed by atoms with Crippen LogP contribution in [0, 0.1) is 0 Å². The molecule has 1 aromatic carbocycles. The molecule has 0 radical (unpaired) electrons. The van der Waals surface area contributed by atoms with Crippen LogP contribution in [0.15, 0.2) is 30.3 Å². The lowest BCUT2D eigenvalue weighted by Gasteiger charge is -1.98. The number of hydrogen-bond acceptors (Lipinski definition) is 1. The van der Waals surface area contributed by atoms with Gasteiger partial charge in [0.2, 0.25) is 0 Å². The van der Waals surface area contributed by atoms with Gasteiger partial charge >= 0.3 is 0 Å². The maximum absolute atomic E-state index is 5.22. The smallest absolute Gasteiger partial charge is 0.0716 e. The lowest BCUT2D eigenvalue weighted by atomic mass is 10.2. The maximum atomic E-state index is 5.22. The number of rotatable bonds is 3. The van der Waals surface area contributed by atoms with Gasteiger partial charge in [0.1, 0.15) is 0 Å². The van der Waals surface area contributed by atoms with E-state index in [1.807, 2.05) is 25.1 Å². The molecule has 0 saturated heterocycles. The lowest BCUT2D eigenvalue weighted by molar-refractivity contribution is 0.134. The molecular formula is C9H12O. The maximum Gasteiger partial charge on any atom is 0.0716 e. The van der Waals surface area contributed by atoms with Crippen LogP contribution in [0.4, 0.5) is 0 Å². The Morgan fingerprint density at radius 3 is 2.50 bits per heavy atom. The third-order valence-corrected chi connectivity index (χ3v) is 1.32. The van der Waals surface area contributed by atoms with Crippen LogP contribution in [0.1, 0.15) is 12.5 Å². The summed E-state index contributed by atoms with van der Waals surface area (Å²) in [7, 11) is 0. The highest BCUT2D eigenvalue weighted by molar-refractivity contribution is 5.13. The molecule has 1 aromatic rings. The van der Waals surface area contributed by atoms with Crippen molar-refractivity contribution < 1.29 is 4.74 Å². The third-order valence-electron chi connectivity index (χ3n) is 1.32. The second kappa shape index (κ2) is 4.07. The molecule has 0 aliphatic rings. The van der Waals surface area contributed by atoms with Gasteiger partial charge in [-0.15, -0.1) is 0 Å². The van der Waals surface area contributed by atoms with Crippen LogP contribution >= 0.6 is 0 Å². The average molecular weight is 137 g/mol. The van der Waals surface area contributed by atoms with E-state index in [9.17, 15) is 0 Å². The second-order valence-corrected chi connectivity index (χ2v) is 2.12. The Morgan fingerprint density at radius 2 is 1.90 bits per heavy atom. The van der Waals surface area contributed by atoms with Crippen LogP contribution in [0.25, 0.3) is 0 Å². The molecule has 0 aromatic heterocycles. The van der Waals surface area contributed by atoms with Gasteiger partial charge in [0, 0.05) is 6.61 Å². The van der Waals surface area contributed by atoms with E-state index in [4.69, 9.17) is 4.74 Å². The van der Waals surface area contributed by atoms with E-state index in [0.717, 1.165) is 13.2 Å². The van der Waals surface area contributed by atoms with Gasteiger partial charge in [0.05, 0.1) is 6.61 Å². The van der Waals surface area contributed by atoms with Crippen molar-refractivity contribution in [3.8, 4) is 0 Å².